The lowest BCUT2D eigenvalue weighted by molar-refractivity contribution is 0.356. The van der Waals surface area contributed by atoms with Gasteiger partial charge in [-0.15, -0.1) is 0 Å². The van der Waals surface area contributed by atoms with Crippen molar-refractivity contribution in [3.8, 4) is 22.6 Å². The summed E-state index contributed by atoms with van der Waals surface area (Å²) in [6.45, 7) is 0.184. The molecule has 1 aromatic heterocycles. The molecule has 0 aliphatic rings. The predicted molar refractivity (Wildman–Crippen MR) is 97.4 cm³/mol. The fourth-order valence-electron chi connectivity index (χ4n) is 2.73. The molecular weight excluding hydrogens is 359 g/mol. The van der Waals surface area contributed by atoms with Crippen LogP contribution >= 0.6 is 0 Å². The molecule has 0 saturated heterocycles. The number of pyridine rings is 1. The van der Waals surface area contributed by atoms with Crippen molar-refractivity contribution in [3.05, 3.63) is 54.0 Å². The average molecular weight is 376 g/mol. The highest BCUT2D eigenvalue weighted by molar-refractivity contribution is 7.70. The predicted octanol–water partition coefficient (Wildman–Crippen LogP) is 2.67. The molecule has 0 bridgehead atoms. The van der Waals surface area contributed by atoms with Gasteiger partial charge in [-0.1, -0.05) is 24.3 Å². The van der Waals surface area contributed by atoms with Crippen LogP contribution in [0.25, 0.3) is 22.0 Å². The van der Waals surface area contributed by atoms with Gasteiger partial charge in [-0.2, -0.15) is 0 Å². The van der Waals surface area contributed by atoms with Crippen molar-refractivity contribution in [2.24, 2.45) is 0 Å². The van der Waals surface area contributed by atoms with Crippen molar-refractivity contribution < 1.29 is 22.3 Å². The zero-order chi connectivity index (χ0) is 18.7. The van der Waals surface area contributed by atoms with Crippen LogP contribution in [0, 0.1) is 5.82 Å². The maximum atomic E-state index is 14.6. The normalized spacial score (nSPS) is 11.1. The van der Waals surface area contributed by atoms with Crippen LogP contribution < -0.4 is 14.2 Å². The molecule has 1 heterocycles. The number of aromatic nitrogens is 1. The lowest BCUT2D eigenvalue weighted by Gasteiger charge is -2.13. The molecular formula is C18H17FN2O4S. The van der Waals surface area contributed by atoms with Crippen LogP contribution in [-0.4, -0.2) is 27.6 Å². The third-order valence-electron chi connectivity index (χ3n) is 3.98. The minimum absolute atomic E-state index is 0.184. The molecule has 0 aliphatic carbocycles. The number of hydrogen-bond donors (Lipinski definition) is 2. The number of rotatable bonds is 6. The number of ether oxygens (including phenoxy) is 2. The maximum Gasteiger partial charge on any atom is 0.201 e. The Hall–Kier alpha value is -2.71. The van der Waals surface area contributed by atoms with Crippen LogP contribution in [0.2, 0.25) is 0 Å². The first-order valence-electron chi connectivity index (χ1n) is 7.71. The van der Waals surface area contributed by atoms with Gasteiger partial charge >= 0.3 is 0 Å². The van der Waals surface area contributed by atoms with E-state index in [2.05, 4.69) is 9.71 Å². The van der Waals surface area contributed by atoms with Gasteiger partial charge in [0.25, 0.3) is 0 Å². The number of hydrogen-bond acceptors (Lipinski definition) is 5. The minimum atomic E-state index is -2.66. The van der Waals surface area contributed by atoms with E-state index in [1.165, 1.54) is 20.4 Å². The second-order valence-electron chi connectivity index (χ2n) is 5.49. The van der Waals surface area contributed by atoms with Crippen molar-refractivity contribution in [2.75, 3.05) is 14.2 Å². The van der Waals surface area contributed by atoms with Crippen LogP contribution in [0.3, 0.4) is 0 Å². The lowest BCUT2D eigenvalue weighted by Crippen LogP contribution is -2.09. The van der Waals surface area contributed by atoms with Crippen molar-refractivity contribution in [1.29, 1.82) is 0 Å². The largest absolute Gasteiger partial charge is 0.493 e. The summed E-state index contributed by atoms with van der Waals surface area (Å²) in [5.41, 5.74) is 2.39. The highest BCUT2D eigenvalue weighted by atomic mass is 32.2. The third-order valence-corrected chi connectivity index (χ3v) is 4.40. The van der Waals surface area contributed by atoms with E-state index in [1.807, 2.05) is 0 Å². The monoisotopic (exact) mass is 376 g/mol. The number of halogens is 1. The Morgan fingerprint density at radius 1 is 1.08 bits per heavy atom. The number of fused-ring (bicyclic) bond motifs is 1. The Kier molecular flexibility index (Phi) is 5.34. The van der Waals surface area contributed by atoms with E-state index in [0.29, 0.717) is 33.5 Å². The van der Waals surface area contributed by atoms with Gasteiger partial charge in [0.05, 0.1) is 25.9 Å². The highest BCUT2D eigenvalue weighted by Gasteiger charge is 2.15. The van der Waals surface area contributed by atoms with Crippen molar-refractivity contribution in [1.82, 2.24) is 9.71 Å². The summed E-state index contributed by atoms with van der Waals surface area (Å²) in [5.74, 6) is 0.533. The van der Waals surface area contributed by atoms with Crippen molar-refractivity contribution in [3.63, 3.8) is 0 Å². The van der Waals surface area contributed by atoms with E-state index < -0.39 is 16.7 Å². The number of nitrogens with zero attached hydrogens (tertiary/aromatic N) is 1. The summed E-state index contributed by atoms with van der Waals surface area (Å²) in [6.07, 6.45) is 1.17. The second-order valence-corrected chi connectivity index (χ2v) is 6.32. The number of methoxy groups -OCH3 is 2. The Morgan fingerprint density at radius 2 is 1.73 bits per heavy atom. The summed E-state index contributed by atoms with van der Waals surface area (Å²) >= 11 is 0. The molecule has 26 heavy (non-hydrogen) atoms. The van der Waals surface area contributed by atoms with Gasteiger partial charge in [-0.25, -0.2) is 17.5 Å². The fourth-order valence-corrected chi connectivity index (χ4v) is 3.04. The zero-order valence-electron chi connectivity index (χ0n) is 14.2. The molecule has 0 fully saturated rings. The van der Waals surface area contributed by atoms with Crippen LogP contribution in [0.5, 0.6) is 11.5 Å². The van der Waals surface area contributed by atoms with E-state index in [4.69, 9.17) is 9.47 Å². The summed E-state index contributed by atoms with van der Waals surface area (Å²) < 4.78 is 48.7. The molecule has 3 aromatic rings. The Morgan fingerprint density at radius 3 is 2.35 bits per heavy atom. The van der Waals surface area contributed by atoms with Crippen LogP contribution in [0.15, 0.2) is 42.6 Å². The van der Waals surface area contributed by atoms with Crippen LogP contribution in [0.1, 0.15) is 5.56 Å². The molecule has 6 nitrogen and oxygen atoms in total. The van der Waals surface area contributed by atoms with Gasteiger partial charge in [-0.3, -0.25) is 4.98 Å². The topological polar surface area (TPSA) is 77.5 Å². The summed E-state index contributed by atoms with van der Waals surface area (Å²) in [7, 11) is 0.378. The smallest absolute Gasteiger partial charge is 0.201 e. The van der Waals surface area contributed by atoms with E-state index in [1.54, 1.807) is 36.4 Å². The summed E-state index contributed by atoms with van der Waals surface area (Å²) in [6, 6.07) is 10.4. The third kappa shape index (κ3) is 3.61. The lowest BCUT2D eigenvalue weighted by atomic mass is 9.99. The molecule has 0 radical (unpaired) electrons. The Bertz CT molecular complexity index is 1010. The van der Waals surface area contributed by atoms with Gasteiger partial charge in [0.2, 0.25) is 10.9 Å². The van der Waals surface area contributed by atoms with Crippen LogP contribution in [0.4, 0.5) is 4.39 Å². The molecule has 136 valence electrons. The van der Waals surface area contributed by atoms with Gasteiger partial charge in [0.1, 0.15) is 5.82 Å². The molecule has 1 N–H and O–H groups in total. The first kappa shape index (κ1) is 18.1. The first-order chi connectivity index (χ1) is 12.5. The van der Waals surface area contributed by atoms with Gasteiger partial charge in [0.15, 0.2) is 11.5 Å². The maximum absolute atomic E-state index is 14.6. The standard InChI is InChI=1S/C18H17FN2O4S/c1-24-16-7-13-15(8-17(16)25-2)20-10-14(19)18(13)12-5-3-11(4-6-12)9-21-26(22)23/h3-8,10,26H,9H2,1-2H3,(H,21,22,23). The molecule has 0 atom stereocenters. The quantitative estimate of drug-likeness (QED) is 0.647. The van der Waals surface area contributed by atoms with Gasteiger partial charge < -0.3 is 9.47 Å². The molecule has 0 amide bonds. The number of nitrogens with one attached hydrogen (secondary N) is 1. The molecule has 0 spiro atoms. The van der Waals surface area contributed by atoms with E-state index in [-0.39, 0.29) is 6.54 Å². The minimum Gasteiger partial charge on any atom is -0.493 e. The average Bonchev–Trinajstić information content (AvgIpc) is 2.65. The first-order valence-corrected chi connectivity index (χ1v) is 8.88. The molecule has 8 heteroatoms. The van der Waals surface area contributed by atoms with Crippen molar-refractivity contribution in [2.45, 2.75) is 6.54 Å². The molecule has 0 unspecified atom stereocenters. The molecule has 0 saturated carbocycles. The van der Waals surface area contributed by atoms with E-state index in [9.17, 15) is 12.8 Å². The Labute approximate surface area is 151 Å². The second kappa shape index (κ2) is 7.67. The SMILES string of the molecule is COc1cc2ncc(F)c(-c3ccc(CN[SH](=O)=O)cc3)c2cc1OC. The number of benzene rings is 2. The summed E-state index contributed by atoms with van der Waals surface area (Å²) in [5, 5.41) is 0.594. The van der Waals surface area contributed by atoms with Gasteiger partial charge in [-0.05, 0) is 17.2 Å². The number of thiol groups is 1. The van der Waals surface area contributed by atoms with Crippen LogP contribution in [-0.2, 0) is 17.4 Å². The van der Waals surface area contributed by atoms with E-state index in [0.717, 1.165) is 5.56 Å². The van der Waals surface area contributed by atoms with Gasteiger partial charge in [0, 0.05) is 23.6 Å². The Balaban J connectivity index is 2.10. The highest BCUT2D eigenvalue weighted by Crippen LogP contribution is 2.37. The fraction of sp³-hybridized carbons (Fsp3) is 0.167. The molecule has 3 rings (SSSR count). The summed E-state index contributed by atoms with van der Waals surface area (Å²) in [4.78, 5) is 4.13. The van der Waals surface area contributed by atoms with Crippen molar-refractivity contribution >= 4 is 21.8 Å². The molecule has 2 aromatic carbocycles. The molecule has 0 aliphatic heterocycles. The zero-order valence-corrected chi connectivity index (χ0v) is 15.0. The van der Waals surface area contributed by atoms with E-state index >= 15 is 0 Å².